The second kappa shape index (κ2) is 3.75. The van der Waals surface area contributed by atoms with Crippen molar-refractivity contribution in [2.24, 2.45) is 0 Å². The normalized spacial score (nSPS) is 26.0. The van der Waals surface area contributed by atoms with E-state index in [1.165, 1.54) is 12.1 Å². The lowest BCUT2D eigenvalue weighted by Gasteiger charge is -2.22. The van der Waals surface area contributed by atoms with Gasteiger partial charge in [-0.25, -0.2) is 0 Å². The Morgan fingerprint density at radius 1 is 1.31 bits per heavy atom. The van der Waals surface area contributed by atoms with Gasteiger partial charge in [0.15, 0.2) is 0 Å². The van der Waals surface area contributed by atoms with E-state index in [-0.39, 0.29) is 0 Å². The molecule has 1 fully saturated rings. The van der Waals surface area contributed by atoms with Crippen LogP contribution in [-0.4, -0.2) is 18.2 Å². The molecule has 1 aliphatic heterocycles. The summed E-state index contributed by atoms with van der Waals surface area (Å²) in [5, 5.41) is 13.1. The lowest BCUT2D eigenvalue weighted by molar-refractivity contribution is -0.137. The van der Waals surface area contributed by atoms with Gasteiger partial charge in [0, 0.05) is 6.54 Å². The molecule has 0 aromatic heterocycles. The quantitative estimate of drug-likeness (QED) is 0.773. The van der Waals surface area contributed by atoms with Crippen LogP contribution in [0.5, 0.6) is 0 Å². The molecule has 1 aromatic carbocycles. The number of hydrogen-bond donors (Lipinski definition) is 2. The second-order valence-electron chi connectivity index (χ2n) is 4.04. The molecule has 2 rings (SSSR count). The zero-order valence-electron chi connectivity index (χ0n) is 8.51. The highest BCUT2D eigenvalue weighted by Gasteiger charge is 2.36. The third-order valence-corrected chi connectivity index (χ3v) is 2.86. The van der Waals surface area contributed by atoms with Crippen LogP contribution in [0, 0.1) is 0 Å². The van der Waals surface area contributed by atoms with Crippen LogP contribution in [0.3, 0.4) is 0 Å². The number of alkyl halides is 3. The highest BCUT2D eigenvalue weighted by atomic mass is 19.4. The Balaban J connectivity index is 2.36. The maximum atomic E-state index is 12.5. The minimum atomic E-state index is -4.36. The Labute approximate surface area is 91.1 Å². The molecular weight excluding hydrogens is 219 g/mol. The van der Waals surface area contributed by atoms with Crippen molar-refractivity contribution in [2.75, 3.05) is 13.1 Å². The van der Waals surface area contributed by atoms with E-state index in [0.717, 1.165) is 12.1 Å². The van der Waals surface area contributed by atoms with Crippen LogP contribution in [0.15, 0.2) is 24.3 Å². The van der Waals surface area contributed by atoms with Gasteiger partial charge in [0.2, 0.25) is 0 Å². The van der Waals surface area contributed by atoms with Gasteiger partial charge < -0.3 is 10.4 Å². The standard InChI is InChI=1S/C11H12F3NO/c12-11(13,14)9-3-1-2-8(6-9)10(16)4-5-15-7-10/h1-3,6,15-16H,4-5,7H2. The summed E-state index contributed by atoms with van der Waals surface area (Å²) in [6.07, 6.45) is -3.92. The molecule has 0 spiro atoms. The van der Waals surface area contributed by atoms with Crippen LogP contribution in [0.4, 0.5) is 13.2 Å². The van der Waals surface area contributed by atoms with Crippen molar-refractivity contribution in [3.05, 3.63) is 35.4 Å². The first-order chi connectivity index (χ1) is 7.42. The van der Waals surface area contributed by atoms with Crippen LogP contribution in [0.1, 0.15) is 17.5 Å². The van der Waals surface area contributed by atoms with Crippen LogP contribution in [0.25, 0.3) is 0 Å². The molecule has 1 saturated heterocycles. The van der Waals surface area contributed by atoms with Crippen LogP contribution >= 0.6 is 0 Å². The minimum absolute atomic E-state index is 0.300. The fourth-order valence-electron chi connectivity index (χ4n) is 1.91. The zero-order chi connectivity index (χ0) is 11.8. The van der Waals surface area contributed by atoms with Crippen LogP contribution in [0.2, 0.25) is 0 Å². The first kappa shape index (κ1) is 11.4. The number of aliphatic hydroxyl groups is 1. The number of benzene rings is 1. The van der Waals surface area contributed by atoms with E-state index in [4.69, 9.17) is 0 Å². The van der Waals surface area contributed by atoms with Crippen molar-refractivity contribution in [2.45, 2.75) is 18.2 Å². The van der Waals surface area contributed by atoms with E-state index in [1.807, 2.05) is 0 Å². The molecule has 1 aliphatic rings. The molecule has 0 saturated carbocycles. The Bertz CT molecular complexity index is 383. The topological polar surface area (TPSA) is 32.3 Å². The van der Waals surface area contributed by atoms with Gasteiger partial charge in [-0.05, 0) is 30.7 Å². The Hall–Kier alpha value is -1.07. The number of hydrogen-bond acceptors (Lipinski definition) is 2. The highest BCUT2D eigenvalue weighted by Crippen LogP contribution is 2.34. The van der Waals surface area contributed by atoms with E-state index in [1.54, 1.807) is 0 Å². The summed E-state index contributed by atoms with van der Waals surface area (Å²) < 4.78 is 37.4. The molecule has 2 nitrogen and oxygen atoms in total. The van der Waals surface area contributed by atoms with E-state index in [0.29, 0.717) is 25.1 Å². The fraction of sp³-hybridized carbons (Fsp3) is 0.455. The Morgan fingerprint density at radius 2 is 2.06 bits per heavy atom. The van der Waals surface area contributed by atoms with E-state index in [2.05, 4.69) is 5.32 Å². The van der Waals surface area contributed by atoms with Crippen molar-refractivity contribution in [3.8, 4) is 0 Å². The maximum absolute atomic E-state index is 12.5. The van der Waals surface area contributed by atoms with E-state index in [9.17, 15) is 18.3 Å². The SMILES string of the molecule is OC1(c2cccc(C(F)(F)F)c2)CCNC1. The van der Waals surface area contributed by atoms with Crippen molar-refractivity contribution < 1.29 is 18.3 Å². The molecule has 0 aliphatic carbocycles. The summed E-state index contributed by atoms with van der Waals surface area (Å²) in [5.74, 6) is 0. The molecule has 0 bridgehead atoms. The van der Waals surface area contributed by atoms with Crippen LogP contribution < -0.4 is 5.32 Å². The molecule has 88 valence electrons. The molecule has 1 atom stereocenters. The largest absolute Gasteiger partial charge is 0.416 e. The van der Waals surface area contributed by atoms with E-state index >= 15 is 0 Å². The van der Waals surface area contributed by atoms with Crippen molar-refractivity contribution in [3.63, 3.8) is 0 Å². The number of halogens is 3. The Kier molecular flexibility index (Phi) is 2.67. The van der Waals surface area contributed by atoms with Gasteiger partial charge in [0.25, 0.3) is 0 Å². The third-order valence-electron chi connectivity index (χ3n) is 2.86. The lowest BCUT2D eigenvalue weighted by Crippen LogP contribution is -2.28. The van der Waals surface area contributed by atoms with Gasteiger partial charge in [0.05, 0.1) is 5.56 Å². The van der Waals surface area contributed by atoms with Gasteiger partial charge in [-0.3, -0.25) is 0 Å². The van der Waals surface area contributed by atoms with Crippen molar-refractivity contribution >= 4 is 0 Å². The highest BCUT2D eigenvalue weighted by molar-refractivity contribution is 5.31. The first-order valence-electron chi connectivity index (χ1n) is 5.03. The molecular formula is C11H12F3NO. The summed E-state index contributed by atoms with van der Waals surface area (Å²) in [7, 11) is 0. The van der Waals surface area contributed by atoms with Gasteiger partial charge in [-0.2, -0.15) is 13.2 Å². The van der Waals surface area contributed by atoms with Crippen LogP contribution in [-0.2, 0) is 11.8 Å². The van der Waals surface area contributed by atoms with Crippen molar-refractivity contribution in [1.82, 2.24) is 5.32 Å². The molecule has 0 amide bonds. The van der Waals surface area contributed by atoms with Gasteiger partial charge in [-0.1, -0.05) is 12.1 Å². The molecule has 5 heteroatoms. The Morgan fingerprint density at radius 3 is 2.62 bits per heavy atom. The molecule has 1 heterocycles. The monoisotopic (exact) mass is 231 g/mol. The summed E-state index contributed by atoms with van der Waals surface area (Å²) in [6, 6.07) is 4.89. The second-order valence-corrected chi connectivity index (χ2v) is 4.04. The summed E-state index contributed by atoms with van der Waals surface area (Å²) in [6.45, 7) is 0.918. The smallest absolute Gasteiger partial charge is 0.384 e. The van der Waals surface area contributed by atoms with Crippen molar-refractivity contribution in [1.29, 1.82) is 0 Å². The fourth-order valence-corrected chi connectivity index (χ4v) is 1.91. The molecule has 16 heavy (non-hydrogen) atoms. The average Bonchev–Trinajstić information content (AvgIpc) is 2.66. The number of β-amino-alcohol motifs (C(OH)–C–C–N with tert-alkyl or cyclic N) is 1. The van der Waals surface area contributed by atoms with Gasteiger partial charge in [-0.15, -0.1) is 0 Å². The predicted octanol–water partition coefficient (Wildman–Crippen LogP) is 1.89. The molecule has 1 unspecified atom stereocenters. The minimum Gasteiger partial charge on any atom is -0.384 e. The molecule has 1 aromatic rings. The number of rotatable bonds is 1. The van der Waals surface area contributed by atoms with E-state index < -0.39 is 17.3 Å². The molecule has 2 N–H and O–H groups in total. The molecule has 0 radical (unpaired) electrons. The first-order valence-corrected chi connectivity index (χ1v) is 5.03. The summed E-state index contributed by atoms with van der Waals surface area (Å²) in [5.41, 5.74) is -1.56. The van der Waals surface area contributed by atoms with Gasteiger partial charge in [0.1, 0.15) is 5.60 Å². The third kappa shape index (κ3) is 2.05. The predicted molar refractivity (Wildman–Crippen MR) is 52.8 cm³/mol. The lowest BCUT2D eigenvalue weighted by atomic mass is 9.92. The zero-order valence-corrected chi connectivity index (χ0v) is 8.51. The summed E-state index contributed by atoms with van der Waals surface area (Å²) in [4.78, 5) is 0. The number of nitrogens with one attached hydrogen (secondary N) is 1. The summed E-state index contributed by atoms with van der Waals surface area (Å²) >= 11 is 0. The average molecular weight is 231 g/mol. The maximum Gasteiger partial charge on any atom is 0.416 e. The van der Waals surface area contributed by atoms with Gasteiger partial charge >= 0.3 is 6.18 Å².